The van der Waals surface area contributed by atoms with Gasteiger partial charge in [0, 0.05) is 16.5 Å². The van der Waals surface area contributed by atoms with Gasteiger partial charge in [0.15, 0.2) is 11.5 Å². The van der Waals surface area contributed by atoms with Crippen molar-refractivity contribution in [3.05, 3.63) is 89.0 Å². The van der Waals surface area contributed by atoms with Crippen LogP contribution in [0.4, 0.5) is 0 Å². The maximum absolute atomic E-state index is 13.5. The van der Waals surface area contributed by atoms with Crippen LogP contribution < -0.4 is 0 Å². The number of hydrogen-bond acceptors (Lipinski definition) is 5. The SMILES string of the molecule is O=C(c1ccccc1)c1nnc(C23CC4CC(CC(C4)C2)C3)nc1C(=O)c1ccccc1. The average molecular weight is 424 g/mol. The first kappa shape index (κ1) is 19.5. The van der Waals surface area contributed by atoms with E-state index in [9.17, 15) is 9.59 Å². The van der Waals surface area contributed by atoms with E-state index in [0.29, 0.717) is 17.0 Å². The van der Waals surface area contributed by atoms with Crippen molar-refractivity contribution in [3.63, 3.8) is 0 Å². The molecular weight excluding hydrogens is 398 g/mol. The van der Waals surface area contributed by atoms with Gasteiger partial charge in [0.2, 0.25) is 11.6 Å². The van der Waals surface area contributed by atoms with Gasteiger partial charge in [-0.1, -0.05) is 60.7 Å². The molecule has 4 aliphatic carbocycles. The van der Waals surface area contributed by atoms with Crippen LogP contribution in [0.15, 0.2) is 60.7 Å². The van der Waals surface area contributed by atoms with Crippen molar-refractivity contribution in [2.45, 2.75) is 43.9 Å². The molecule has 7 rings (SSSR count). The second-order valence-corrected chi connectivity index (χ2v) is 9.92. The minimum absolute atomic E-state index is 0.0403. The fourth-order valence-corrected chi connectivity index (χ4v) is 6.70. The molecule has 3 aromatic rings. The highest BCUT2D eigenvalue weighted by molar-refractivity contribution is 6.17. The predicted octanol–water partition coefficient (Wildman–Crippen LogP) is 4.80. The van der Waals surface area contributed by atoms with E-state index in [0.717, 1.165) is 37.0 Å². The van der Waals surface area contributed by atoms with Gasteiger partial charge in [0.05, 0.1) is 0 Å². The zero-order valence-corrected chi connectivity index (χ0v) is 17.9. The second kappa shape index (κ2) is 7.44. The molecule has 0 aliphatic heterocycles. The highest BCUT2D eigenvalue weighted by Crippen LogP contribution is 2.60. The van der Waals surface area contributed by atoms with E-state index < -0.39 is 0 Å². The van der Waals surface area contributed by atoms with Gasteiger partial charge >= 0.3 is 0 Å². The summed E-state index contributed by atoms with van der Waals surface area (Å²) in [6, 6.07) is 17.9. The van der Waals surface area contributed by atoms with Crippen molar-refractivity contribution in [2.24, 2.45) is 17.8 Å². The molecule has 160 valence electrons. The fraction of sp³-hybridized carbons (Fsp3) is 0.370. The number of hydrogen-bond donors (Lipinski definition) is 0. The molecule has 32 heavy (non-hydrogen) atoms. The Balaban J connectivity index is 1.46. The molecule has 4 aliphatic rings. The summed E-state index contributed by atoms with van der Waals surface area (Å²) in [4.78, 5) is 31.6. The number of benzene rings is 2. The third-order valence-corrected chi connectivity index (χ3v) is 7.70. The van der Waals surface area contributed by atoms with Crippen LogP contribution in [0.2, 0.25) is 0 Å². The summed E-state index contributed by atoms with van der Waals surface area (Å²) in [6.45, 7) is 0. The summed E-state index contributed by atoms with van der Waals surface area (Å²) >= 11 is 0. The van der Waals surface area contributed by atoms with Gasteiger partial charge < -0.3 is 0 Å². The van der Waals surface area contributed by atoms with Crippen molar-refractivity contribution >= 4 is 11.6 Å². The molecule has 0 unspecified atom stereocenters. The molecule has 0 radical (unpaired) electrons. The standard InChI is InChI=1S/C27H25N3O2/c31-24(20-7-3-1-4-8-20)22-23(25(32)21-9-5-2-6-10-21)29-30-26(28-22)27-14-17-11-18(15-27)13-19(12-17)16-27/h1-10,17-19H,11-16H2. The molecule has 0 saturated heterocycles. The van der Waals surface area contributed by atoms with Crippen molar-refractivity contribution in [2.75, 3.05) is 0 Å². The molecule has 4 fully saturated rings. The van der Waals surface area contributed by atoms with Crippen LogP contribution in [-0.4, -0.2) is 26.7 Å². The predicted molar refractivity (Wildman–Crippen MR) is 119 cm³/mol. The normalized spacial score (nSPS) is 27.9. The van der Waals surface area contributed by atoms with Gasteiger partial charge in [-0.3, -0.25) is 9.59 Å². The largest absolute Gasteiger partial charge is 0.287 e. The van der Waals surface area contributed by atoms with Gasteiger partial charge in [-0.05, 0) is 56.3 Å². The maximum atomic E-state index is 13.5. The van der Waals surface area contributed by atoms with Crippen molar-refractivity contribution in [1.29, 1.82) is 0 Å². The molecule has 0 N–H and O–H groups in total. The first-order valence-corrected chi connectivity index (χ1v) is 11.6. The van der Waals surface area contributed by atoms with Crippen LogP contribution in [0.25, 0.3) is 0 Å². The lowest BCUT2D eigenvalue weighted by atomic mass is 9.49. The van der Waals surface area contributed by atoms with E-state index in [1.54, 1.807) is 36.4 Å². The lowest BCUT2D eigenvalue weighted by Gasteiger charge is -2.55. The molecule has 5 heteroatoms. The number of nitrogens with zero attached hydrogens (tertiary/aromatic N) is 3. The summed E-state index contributed by atoms with van der Waals surface area (Å²) in [7, 11) is 0. The monoisotopic (exact) mass is 423 g/mol. The van der Waals surface area contributed by atoms with Crippen LogP contribution >= 0.6 is 0 Å². The zero-order chi connectivity index (χ0) is 21.7. The Morgan fingerprint density at radius 2 is 1.12 bits per heavy atom. The van der Waals surface area contributed by atoms with Gasteiger partial charge in [-0.25, -0.2) is 4.98 Å². The van der Waals surface area contributed by atoms with Crippen LogP contribution in [0, 0.1) is 17.8 Å². The lowest BCUT2D eigenvalue weighted by Crippen LogP contribution is -2.49. The van der Waals surface area contributed by atoms with Gasteiger partial charge in [0.1, 0.15) is 5.69 Å². The van der Waals surface area contributed by atoms with Crippen molar-refractivity contribution in [3.8, 4) is 0 Å². The van der Waals surface area contributed by atoms with Crippen LogP contribution in [0.3, 0.4) is 0 Å². The minimum Gasteiger partial charge on any atom is -0.287 e. The highest BCUT2D eigenvalue weighted by Gasteiger charge is 2.53. The Hall–Kier alpha value is -3.21. The van der Waals surface area contributed by atoms with Crippen LogP contribution in [0.1, 0.15) is 76.5 Å². The highest BCUT2D eigenvalue weighted by atomic mass is 16.1. The van der Waals surface area contributed by atoms with E-state index in [4.69, 9.17) is 4.98 Å². The summed E-state index contributed by atoms with van der Waals surface area (Å²) in [5.41, 5.74) is 1.06. The third-order valence-electron chi connectivity index (χ3n) is 7.70. The Morgan fingerprint density at radius 1 is 0.656 bits per heavy atom. The summed E-state index contributed by atoms with van der Waals surface area (Å²) in [5, 5.41) is 8.89. The van der Waals surface area contributed by atoms with E-state index in [1.165, 1.54) is 19.3 Å². The van der Waals surface area contributed by atoms with Gasteiger partial charge in [-0.2, -0.15) is 0 Å². The number of carbonyl (C=O) groups is 2. The Kier molecular flexibility index (Phi) is 4.53. The van der Waals surface area contributed by atoms with E-state index in [2.05, 4.69) is 10.2 Å². The molecule has 4 bridgehead atoms. The Morgan fingerprint density at radius 3 is 1.62 bits per heavy atom. The molecule has 5 nitrogen and oxygen atoms in total. The fourth-order valence-electron chi connectivity index (χ4n) is 6.70. The van der Waals surface area contributed by atoms with Crippen LogP contribution in [-0.2, 0) is 5.41 Å². The molecule has 1 heterocycles. The third kappa shape index (κ3) is 3.19. The summed E-state index contributed by atoms with van der Waals surface area (Å²) in [6.07, 6.45) is 7.16. The number of aromatic nitrogens is 3. The van der Waals surface area contributed by atoms with Crippen molar-refractivity contribution in [1.82, 2.24) is 15.2 Å². The quantitative estimate of drug-likeness (QED) is 0.551. The van der Waals surface area contributed by atoms with Gasteiger partial charge in [0.25, 0.3) is 0 Å². The lowest BCUT2D eigenvalue weighted by molar-refractivity contribution is -0.00996. The minimum atomic E-state index is -0.318. The Bertz CT molecular complexity index is 1150. The summed E-state index contributed by atoms with van der Waals surface area (Å²) < 4.78 is 0. The summed E-state index contributed by atoms with van der Waals surface area (Å²) in [5.74, 6) is 2.25. The first-order valence-electron chi connectivity index (χ1n) is 11.6. The van der Waals surface area contributed by atoms with Gasteiger partial charge in [-0.15, -0.1) is 10.2 Å². The van der Waals surface area contributed by atoms with Crippen molar-refractivity contribution < 1.29 is 9.59 Å². The zero-order valence-electron chi connectivity index (χ0n) is 17.9. The number of ketones is 2. The molecule has 0 atom stereocenters. The van der Waals surface area contributed by atoms with Crippen LogP contribution in [0.5, 0.6) is 0 Å². The maximum Gasteiger partial charge on any atom is 0.215 e. The van der Waals surface area contributed by atoms with E-state index in [1.807, 2.05) is 24.3 Å². The molecule has 2 aromatic carbocycles. The number of carbonyl (C=O) groups excluding carboxylic acids is 2. The Labute approximate surface area is 187 Å². The van der Waals surface area contributed by atoms with E-state index >= 15 is 0 Å². The average Bonchev–Trinajstić information content (AvgIpc) is 2.83. The molecule has 1 aromatic heterocycles. The molecule has 0 spiro atoms. The smallest absolute Gasteiger partial charge is 0.215 e. The topological polar surface area (TPSA) is 72.8 Å². The second-order valence-electron chi connectivity index (χ2n) is 9.92. The molecular formula is C27H25N3O2. The molecule has 4 saturated carbocycles. The number of rotatable bonds is 5. The first-order chi connectivity index (χ1) is 15.6. The van der Waals surface area contributed by atoms with E-state index in [-0.39, 0.29) is 28.4 Å². The molecule has 0 amide bonds.